The van der Waals surface area contributed by atoms with Gasteiger partial charge < -0.3 is 57.5 Å². The maximum Gasteiger partial charge on any atom is 0.316 e. The van der Waals surface area contributed by atoms with Crippen molar-refractivity contribution in [3.8, 4) is 0 Å². The van der Waals surface area contributed by atoms with Crippen molar-refractivity contribution >= 4 is 35.6 Å². The van der Waals surface area contributed by atoms with Crippen LogP contribution in [0.2, 0.25) is 0 Å². The molecule has 11 N–H and O–H groups in total. The van der Waals surface area contributed by atoms with Crippen molar-refractivity contribution in [2.75, 3.05) is 39.6 Å². The molecule has 0 aromatic carbocycles. The van der Waals surface area contributed by atoms with E-state index in [0.29, 0.717) is 0 Å². The van der Waals surface area contributed by atoms with Gasteiger partial charge in [0.2, 0.25) is 23.6 Å². The van der Waals surface area contributed by atoms with E-state index in [-0.39, 0.29) is 32.8 Å². The number of carboxylic acid groups (broad SMARTS) is 1. The first-order chi connectivity index (χ1) is 16.9. The monoisotopic (exact) mass is 522 g/mol. The van der Waals surface area contributed by atoms with Crippen molar-refractivity contribution in [3.63, 3.8) is 0 Å². The van der Waals surface area contributed by atoms with E-state index >= 15 is 0 Å². The molecule has 0 fully saturated rings. The number of carbonyl (C=O) groups excluding carboxylic acids is 5. The lowest BCUT2D eigenvalue weighted by Crippen LogP contribution is -2.57. The lowest BCUT2D eigenvalue weighted by Gasteiger charge is -2.22. The van der Waals surface area contributed by atoms with Crippen LogP contribution in [0.5, 0.6) is 0 Å². The number of carbonyl (C=O) groups is 6. The fourth-order valence-electron chi connectivity index (χ4n) is 2.48. The van der Waals surface area contributed by atoms with Crippen LogP contribution in [0.15, 0.2) is 0 Å². The molecule has 0 heterocycles. The second-order valence-corrected chi connectivity index (χ2v) is 7.38. The summed E-state index contributed by atoms with van der Waals surface area (Å²) in [5, 5.41) is 36.3. The van der Waals surface area contributed by atoms with Crippen LogP contribution in [0.25, 0.3) is 0 Å². The molecule has 0 unspecified atom stereocenters. The molecule has 0 aromatic heterocycles. The minimum atomic E-state index is -1.40. The molecule has 0 aliphatic rings. The van der Waals surface area contributed by atoms with Gasteiger partial charge in [-0.15, -0.1) is 0 Å². The van der Waals surface area contributed by atoms with Crippen LogP contribution in [-0.2, 0) is 33.4 Å². The largest absolute Gasteiger partial charge is 0.481 e. The number of ether oxygens (including phenoxy) is 2. The van der Waals surface area contributed by atoms with Gasteiger partial charge in [-0.3, -0.25) is 24.0 Å². The molecular formula is C19H34N6O11. The zero-order chi connectivity index (χ0) is 27.7. The number of aliphatic hydroxyl groups is 2. The Bertz CT molecular complexity index is 764. The van der Waals surface area contributed by atoms with Crippen LogP contribution < -0.4 is 32.7 Å². The van der Waals surface area contributed by atoms with Crippen LogP contribution in [-0.4, -0.2) is 115 Å². The first-order valence-electron chi connectivity index (χ1n) is 10.8. The van der Waals surface area contributed by atoms with E-state index in [0.717, 1.165) is 0 Å². The molecule has 0 spiro atoms. The fourth-order valence-corrected chi connectivity index (χ4v) is 2.48. The molecule has 36 heavy (non-hydrogen) atoms. The van der Waals surface area contributed by atoms with Gasteiger partial charge in [-0.05, 0) is 13.3 Å². The molecule has 17 nitrogen and oxygen atoms in total. The Morgan fingerprint density at radius 2 is 1.50 bits per heavy atom. The molecule has 0 bridgehead atoms. The van der Waals surface area contributed by atoms with E-state index < -0.39 is 79.5 Å². The summed E-state index contributed by atoms with van der Waals surface area (Å²) < 4.78 is 10.2. The predicted molar refractivity (Wildman–Crippen MR) is 120 cm³/mol. The number of urea groups is 1. The average molecular weight is 523 g/mol. The summed E-state index contributed by atoms with van der Waals surface area (Å²) in [6.45, 7) is 0.263. The van der Waals surface area contributed by atoms with E-state index in [1.807, 2.05) is 0 Å². The number of aliphatic carboxylic acids is 1. The number of primary amides is 2. The second kappa shape index (κ2) is 17.8. The van der Waals surface area contributed by atoms with Crippen molar-refractivity contribution < 1.29 is 53.6 Å². The van der Waals surface area contributed by atoms with Crippen molar-refractivity contribution in [1.29, 1.82) is 0 Å². The van der Waals surface area contributed by atoms with Gasteiger partial charge in [-0.1, -0.05) is 0 Å². The average Bonchev–Trinajstić information content (AvgIpc) is 2.79. The highest BCUT2D eigenvalue weighted by atomic mass is 16.5. The quantitative estimate of drug-likeness (QED) is 0.0723. The molecule has 0 radical (unpaired) electrons. The molecule has 4 atom stereocenters. The third-order valence-corrected chi connectivity index (χ3v) is 4.36. The Morgan fingerprint density at radius 3 is 2.03 bits per heavy atom. The van der Waals surface area contributed by atoms with E-state index in [1.54, 1.807) is 0 Å². The molecule has 6 amide bonds. The number of amides is 6. The van der Waals surface area contributed by atoms with Gasteiger partial charge in [-0.2, -0.15) is 0 Å². The van der Waals surface area contributed by atoms with Gasteiger partial charge in [0.15, 0.2) is 0 Å². The Kier molecular flexibility index (Phi) is 16.1. The molecule has 0 aromatic rings. The molecule has 0 aliphatic carbocycles. The topological polar surface area (TPSA) is 282 Å². The van der Waals surface area contributed by atoms with Crippen molar-refractivity contribution in [2.24, 2.45) is 11.5 Å². The van der Waals surface area contributed by atoms with Crippen molar-refractivity contribution in [1.82, 2.24) is 21.3 Å². The second-order valence-electron chi connectivity index (χ2n) is 7.38. The van der Waals surface area contributed by atoms with Crippen molar-refractivity contribution in [3.05, 3.63) is 0 Å². The Balaban J connectivity index is 4.28. The Morgan fingerprint density at radius 1 is 0.889 bits per heavy atom. The molecule has 17 heteroatoms. The van der Waals surface area contributed by atoms with Crippen LogP contribution in [0, 0.1) is 0 Å². The molecule has 0 aliphatic heterocycles. The Labute approximate surface area is 206 Å². The molecule has 206 valence electrons. The summed E-state index contributed by atoms with van der Waals surface area (Å²) >= 11 is 0. The summed E-state index contributed by atoms with van der Waals surface area (Å²) in [4.78, 5) is 68.8. The lowest BCUT2D eigenvalue weighted by atomic mass is 10.1. The number of aliphatic hydroxyl groups excluding tert-OH is 2. The number of nitrogens with two attached hydrogens (primary N) is 2. The van der Waals surface area contributed by atoms with E-state index in [4.69, 9.17) is 31.2 Å². The van der Waals surface area contributed by atoms with Gasteiger partial charge in [0.05, 0.1) is 32.5 Å². The maximum absolute atomic E-state index is 12.3. The van der Waals surface area contributed by atoms with Gasteiger partial charge in [0, 0.05) is 13.0 Å². The first-order valence-corrected chi connectivity index (χ1v) is 10.8. The predicted octanol–water partition coefficient (Wildman–Crippen LogP) is -5.13. The third-order valence-electron chi connectivity index (χ3n) is 4.36. The SMILES string of the molecule is C[C@H](O)[C@@H](NC(=O)N[C@@H](CCC(=O)O)C(N)=O)C(=O)NCCOCCOCC(=O)N[C@@H](CO)C(N)=O. The zero-order valence-corrected chi connectivity index (χ0v) is 19.7. The number of hydrogen-bond donors (Lipinski definition) is 9. The fraction of sp³-hybridized carbons (Fsp3) is 0.684. The van der Waals surface area contributed by atoms with Crippen LogP contribution in [0.3, 0.4) is 0 Å². The smallest absolute Gasteiger partial charge is 0.316 e. The number of hydrogen-bond acceptors (Lipinski definition) is 10. The highest BCUT2D eigenvalue weighted by Crippen LogP contribution is 1.99. The third kappa shape index (κ3) is 14.7. The number of nitrogens with one attached hydrogen (secondary N) is 4. The maximum atomic E-state index is 12.3. The first kappa shape index (κ1) is 32.5. The van der Waals surface area contributed by atoms with Gasteiger partial charge >= 0.3 is 12.0 Å². The van der Waals surface area contributed by atoms with Gasteiger partial charge in [0.25, 0.3) is 0 Å². The van der Waals surface area contributed by atoms with E-state index in [2.05, 4.69) is 21.3 Å². The minimum absolute atomic E-state index is 0.00264. The summed E-state index contributed by atoms with van der Waals surface area (Å²) in [6, 6.07) is -4.92. The molecule has 0 saturated carbocycles. The summed E-state index contributed by atoms with van der Waals surface area (Å²) in [7, 11) is 0. The van der Waals surface area contributed by atoms with E-state index in [1.165, 1.54) is 6.92 Å². The van der Waals surface area contributed by atoms with Crippen LogP contribution >= 0.6 is 0 Å². The number of rotatable bonds is 19. The van der Waals surface area contributed by atoms with Gasteiger partial charge in [-0.25, -0.2) is 4.79 Å². The summed E-state index contributed by atoms with van der Waals surface area (Å²) in [5.74, 6) is -4.47. The molecule has 0 rings (SSSR count). The highest BCUT2D eigenvalue weighted by Gasteiger charge is 2.27. The molecular weight excluding hydrogens is 488 g/mol. The zero-order valence-electron chi connectivity index (χ0n) is 19.7. The number of carboxylic acids is 1. The summed E-state index contributed by atoms with van der Waals surface area (Å²) in [6.07, 6.45) is -2.00. The normalized spacial score (nSPS) is 14.0. The van der Waals surface area contributed by atoms with Gasteiger partial charge in [0.1, 0.15) is 24.7 Å². The van der Waals surface area contributed by atoms with Crippen LogP contribution in [0.4, 0.5) is 4.79 Å². The lowest BCUT2D eigenvalue weighted by molar-refractivity contribution is -0.137. The van der Waals surface area contributed by atoms with E-state index in [9.17, 15) is 33.9 Å². The molecule has 0 saturated heterocycles. The standard InChI is InChI=1S/C19H34N6O11/c1-10(27)15(25-19(34)24-11(16(20)31)2-3-14(29)30)18(33)22-4-5-35-6-7-36-9-13(28)23-12(8-26)17(21)32/h10-12,15,26-27H,2-9H2,1H3,(H2,20,31)(H2,21,32)(H,22,33)(H,23,28)(H,29,30)(H2,24,25,34)/t10-,11-,12-,15+/m0/s1. The minimum Gasteiger partial charge on any atom is -0.481 e. The Hall–Kier alpha value is -3.54. The van der Waals surface area contributed by atoms with Crippen molar-refractivity contribution in [2.45, 2.75) is 44.0 Å². The van der Waals surface area contributed by atoms with Crippen LogP contribution in [0.1, 0.15) is 19.8 Å². The summed E-state index contributed by atoms with van der Waals surface area (Å²) in [5.41, 5.74) is 10.1. The highest BCUT2D eigenvalue weighted by molar-refractivity contribution is 5.90.